The monoisotopic (exact) mass is 431 g/mol. The van der Waals surface area contributed by atoms with Gasteiger partial charge in [0.15, 0.2) is 5.69 Å². The molecule has 2 aliphatic heterocycles. The van der Waals surface area contributed by atoms with Crippen molar-refractivity contribution >= 4 is 5.91 Å². The van der Waals surface area contributed by atoms with Crippen LogP contribution in [0.15, 0.2) is 42.6 Å². The van der Waals surface area contributed by atoms with Crippen molar-refractivity contribution in [2.24, 2.45) is 0 Å². The lowest BCUT2D eigenvalue weighted by molar-refractivity contribution is 0.0909. The van der Waals surface area contributed by atoms with Crippen molar-refractivity contribution < 1.29 is 19.0 Å². The number of benzene rings is 1. The number of nitrogens with zero attached hydrogens (tertiary/aromatic N) is 4. The van der Waals surface area contributed by atoms with Gasteiger partial charge in [0.2, 0.25) is 11.8 Å². The molecule has 162 valence electrons. The van der Waals surface area contributed by atoms with Crippen LogP contribution in [0.25, 0.3) is 0 Å². The number of ether oxygens (including phenoxy) is 3. The molecule has 9 nitrogen and oxygen atoms in total. The zero-order chi connectivity index (χ0) is 22.1. The molecule has 0 fully saturated rings. The summed E-state index contributed by atoms with van der Waals surface area (Å²) < 4.78 is 18.9. The fraction of sp³-hybridized carbons (Fsp3) is 0.304. The fourth-order valence-electron chi connectivity index (χ4n) is 4.06. The van der Waals surface area contributed by atoms with Crippen molar-refractivity contribution in [3.63, 3.8) is 0 Å². The minimum Gasteiger partial charge on any atom is -0.491 e. The van der Waals surface area contributed by atoms with Gasteiger partial charge in [-0.15, -0.1) is 0 Å². The van der Waals surface area contributed by atoms with Crippen molar-refractivity contribution in [3.05, 3.63) is 65.0 Å². The van der Waals surface area contributed by atoms with Gasteiger partial charge in [-0.3, -0.25) is 4.79 Å². The molecule has 0 spiro atoms. The molecule has 0 saturated carbocycles. The largest absolute Gasteiger partial charge is 0.491 e. The van der Waals surface area contributed by atoms with Crippen LogP contribution in [-0.2, 0) is 13.0 Å². The van der Waals surface area contributed by atoms with Gasteiger partial charge >= 0.3 is 0 Å². The molecule has 0 radical (unpaired) electrons. The Balaban J connectivity index is 1.28. The number of nitriles is 1. The van der Waals surface area contributed by atoms with Crippen molar-refractivity contribution in [2.75, 3.05) is 13.7 Å². The van der Waals surface area contributed by atoms with Crippen LogP contribution in [0.3, 0.4) is 0 Å². The maximum absolute atomic E-state index is 12.8. The molecule has 0 aliphatic carbocycles. The van der Waals surface area contributed by atoms with Gasteiger partial charge in [-0.1, -0.05) is 0 Å². The predicted octanol–water partition coefficient (Wildman–Crippen LogP) is 2.42. The Morgan fingerprint density at radius 2 is 2.25 bits per heavy atom. The lowest BCUT2D eigenvalue weighted by atomic mass is 10.0. The standard InChI is InChI=1S/C23H21N5O4/c1-30-23-17(3-2-7-25-23)20-6-8-28-21(32-20)11-18(27-28)22(29)26-16-10-15-9-14(12-24)4-5-19(15)31-13-16/h2-5,7,9,11,16,20H,6,8,10,13H2,1H3,(H,26,29)/t16-,20?/m1/s1. The van der Waals surface area contributed by atoms with E-state index in [1.54, 1.807) is 42.3 Å². The molecular formula is C23H21N5O4. The van der Waals surface area contributed by atoms with E-state index in [9.17, 15) is 4.79 Å². The van der Waals surface area contributed by atoms with Crippen molar-refractivity contribution in [1.29, 1.82) is 5.26 Å². The predicted molar refractivity (Wildman–Crippen MR) is 113 cm³/mol. The summed E-state index contributed by atoms with van der Waals surface area (Å²) >= 11 is 0. The van der Waals surface area contributed by atoms with E-state index < -0.39 is 0 Å². The van der Waals surface area contributed by atoms with E-state index >= 15 is 0 Å². The second kappa shape index (κ2) is 8.23. The fourth-order valence-corrected chi connectivity index (χ4v) is 4.06. The van der Waals surface area contributed by atoms with Gasteiger partial charge in [0.25, 0.3) is 5.91 Å². The van der Waals surface area contributed by atoms with E-state index in [1.807, 2.05) is 12.1 Å². The number of rotatable bonds is 4. The molecule has 1 aromatic carbocycles. The lowest BCUT2D eigenvalue weighted by Gasteiger charge is -2.25. The van der Waals surface area contributed by atoms with Crippen molar-refractivity contribution in [3.8, 4) is 23.6 Å². The van der Waals surface area contributed by atoms with E-state index in [0.29, 0.717) is 43.3 Å². The number of carbonyl (C=O) groups is 1. The summed E-state index contributed by atoms with van der Waals surface area (Å²) in [7, 11) is 1.58. The van der Waals surface area contributed by atoms with Crippen LogP contribution < -0.4 is 19.5 Å². The minimum atomic E-state index is -0.292. The molecule has 1 amide bonds. The van der Waals surface area contributed by atoms with Gasteiger partial charge in [0.05, 0.1) is 30.3 Å². The first kappa shape index (κ1) is 19.9. The van der Waals surface area contributed by atoms with Crippen molar-refractivity contribution in [1.82, 2.24) is 20.1 Å². The highest BCUT2D eigenvalue weighted by atomic mass is 16.5. The summed E-state index contributed by atoms with van der Waals surface area (Å²) in [5, 5.41) is 16.5. The molecular weight excluding hydrogens is 410 g/mol. The normalized spacial score (nSPS) is 18.9. The third-order valence-electron chi connectivity index (χ3n) is 5.61. The molecule has 0 saturated heterocycles. The summed E-state index contributed by atoms with van der Waals surface area (Å²) in [6.45, 7) is 0.972. The van der Waals surface area contributed by atoms with Gasteiger partial charge in [-0.05, 0) is 42.3 Å². The molecule has 2 aliphatic rings. The number of methoxy groups -OCH3 is 1. The number of pyridine rings is 1. The average molecular weight is 431 g/mol. The smallest absolute Gasteiger partial charge is 0.272 e. The van der Waals surface area contributed by atoms with Crippen LogP contribution in [0, 0.1) is 11.3 Å². The van der Waals surface area contributed by atoms with Crippen LogP contribution in [0.2, 0.25) is 0 Å². The maximum Gasteiger partial charge on any atom is 0.272 e. The van der Waals surface area contributed by atoms with E-state index in [1.165, 1.54) is 0 Å². The van der Waals surface area contributed by atoms with Gasteiger partial charge in [0, 0.05) is 25.2 Å². The first-order valence-electron chi connectivity index (χ1n) is 10.3. The summed E-state index contributed by atoms with van der Waals surface area (Å²) in [5.41, 5.74) is 2.62. The highest BCUT2D eigenvalue weighted by Crippen LogP contribution is 2.34. The molecule has 5 rings (SSSR count). The Morgan fingerprint density at radius 1 is 1.34 bits per heavy atom. The maximum atomic E-state index is 12.8. The van der Waals surface area contributed by atoms with Crippen LogP contribution in [-0.4, -0.2) is 40.4 Å². The SMILES string of the molecule is COc1ncccc1C1CCn2nc(C(=O)N[C@H]3COc4ccc(C#N)cc4C3)cc2O1. The topological polar surface area (TPSA) is 111 Å². The Bertz CT molecular complexity index is 1220. The molecule has 9 heteroatoms. The Hall–Kier alpha value is -4.06. The highest BCUT2D eigenvalue weighted by molar-refractivity contribution is 5.92. The zero-order valence-electron chi connectivity index (χ0n) is 17.4. The summed E-state index contributed by atoms with van der Waals surface area (Å²) in [5.74, 6) is 1.51. The Morgan fingerprint density at radius 3 is 3.09 bits per heavy atom. The Labute approximate surface area is 184 Å². The summed E-state index contributed by atoms with van der Waals surface area (Å²) in [6, 6.07) is 12.6. The van der Waals surface area contributed by atoms with Crippen LogP contribution in [0.1, 0.15) is 39.7 Å². The van der Waals surface area contributed by atoms with E-state index in [-0.39, 0.29) is 23.7 Å². The molecule has 32 heavy (non-hydrogen) atoms. The Kier molecular flexibility index (Phi) is 5.11. The van der Waals surface area contributed by atoms with Gasteiger partial charge < -0.3 is 19.5 Å². The van der Waals surface area contributed by atoms with Crippen LogP contribution in [0.5, 0.6) is 17.5 Å². The molecule has 2 aromatic heterocycles. The lowest BCUT2D eigenvalue weighted by Crippen LogP contribution is -2.42. The number of aryl methyl sites for hydroxylation is 1. The second-order valence-electron chi connectivity index (χ2n) is 7.71. The van der Waals surface area contributed by atoms with E-state index in [2.05, 4.69) is 21.5 Å². The molecule has 2 atom stereocenters. The molecule has 1 unspecified atom stereocenters. The zero-order valence-corrected chi connectivity index (χ0v) is 17.4. The number of aromatic nitrogens is 3. The quantitative estimate of drug-likeness (QED) is 0.675. The number of amides is 1. The number of fused-ring (bicyclic) bond motifs is 2. The second-order valence-corrected chi connectivity index (χ2v) is 7.71. The van der Waals surface area contributed by atoms with Gasteiger partial charge in [-0.2, -0.15) is 10.4 Å². The number of hydrogen-bond donors (Lipinski definition) is 1. The minimum absolute atomic E-state index is 0.212. The van der Waals surface area contributed by atoms with Crippen LogP contribution >= 0.6 is 0 Å². The molecule has 4 heterocycles. The average Bonchev–Trinajstić information content (AvgIpc) is 3.27. The van der Waals surface area contributed by atoms with E-state index in [4.69, 9.17) is 19.5 Å². The number of hydrogen-bond acceptors (Lipinski definition) is 7. The van der Waals surface area contributed by atoms with Crippen LogP contribution in [0.4, 0.5) is 0 Å². The molecule has 3 aromatic rings. The van der Waals surface area contributed by atoms with Gasteiger partial charge in [0.1, 0.15) is 18.5 Å². The highest BCUT2D eigenvalue weighted by Gasteiger charge is 2.28. The van der Waals surface area contributed by atoms with Gasteiger partial charge in [-0.25, -0.2) is 9.67 Å². The first-order chi connectivity index (χ1) is 15.6. The number of carbonyl (C=O) groups excluding carboxylic acids is 1. The first-order valence-corrected chi connectivity index (χ1v) is 10.3. The number of nitrogens with one attached hydrogen (secondary N) is 1. The van der Waals surface area contributed by atoms with E-state index in [0.717, 1.165) is 16.9 Å². The summed E-state index contributed by atoms with van der Waals surface area (Å²) in [4.78, 5) is 17.1. The van der Waals surface area contributed by atoms with Crippen molar-refractivity contribution in [2.45, 2.75) is 31.5 Å². The third-order valence-corrected chi connectivity index (χ3v) is 5.61. The summed E-state index contributed by atoms with van der Waals surface area (Å²) in [6.07, 6.45) is 2.72. The third kappa shape index (κ3) is 3.71. The molecule has 0 bridgehead atoms. The molecule has 1 N–H and O–H groups in total.